The number of nitrogens with zero attached hydrogens (tertiary/aromatic N) is 2. The highest BCUT2D eigenvalue weighted by Crippen LogP contribution is 2.32. The Labute approximate surface area is 209 Å². The molecule has 0 spiro atoms. The quantitative estimate of drug-likeness (QED) is 0.351. The van der Waals surface area contributed by atoms with Crippen molar-refractivity contribution in [2.45, 2.75) is 46.1 Å². The number of hydrogen-bond acceptors (Lipinski definition) is 7. The van der Waals surface area contributed by atoms with E-state index in [1.54, 1.807) is 13.8 Å². The number of rotatable bonds is 12. The van der Waals surface area contributed by atoms with E-state index in [1.165, 1.54) is 29.2 Å². The highest BCUT2D eigenvalue weighted by atomic mass is 16.7. The van der Waals surface area contributed by atoms with Crippen molar-refractivity contribution >= 4 is 23.3 Å². The molecule has 0 bridgehead atoms. The number of non-ortho nitro benzene ring substituents is 1. The minimum absolute atomic E-state index is 0.0906. The SMILES string of the molecule is CCCN(CC(=O)[C@@H](NC(=O)c1cccc([N+](=O)[O-])c1)C(C)C)C(=O)CCc1ccc2c(c1)OCO2. The van der Waals surface area contributed by atoms with Gasteiger partial charge in [-0.15, -0.1) is 0 Å². The topological polar surface area (TPSA) is 128 Å². The number of benzene rings is 2. The molecule has 0 aromatic heterocycles. The van der Waals surface area contributed by atoms with Crippen molar-refractivity contribution in [1.29, 1.82) is 0 Å². The summed E-state index contributed by atoms with van der Waals surface area (Å²) in [5, 5.41) is 13.7. The van der Waals surface area contributed by atoms with E-state index in [9.17, 15) is 24.5 Å². The summed E-state index contributed by atoms with van der Waals surface area (Å²) in [5.41, 5.74) is 0.810. The maximum Gasteiger partial charge on any atom is 0.270 e. The highest BCUT2D eigenvalue weighted by Gasteiger charge is 2.28. The number of aryl methyl sites for hydroxylation is 1. The molecule has 0 radical (unpaired) electrons. The molecule has 0 aliphatic carbocycles. The van der Waals surface area contributed by atoms with Crippen LogP contribution in [0.15, 0.2) is 42.5 Å². The van der Waals surface area contributed by atoms with Crippen molar-refractivity contribution in [2.24, 2.45) is 5.92 Å². The lowest BCUT2D eigenvalue weighted by atomic mass is 9.98. The summed E-state index contributed by atoms with van der Waals surface area (Å²) in [6.45, 7) is 5.97. The number of carbonyl (C=O) groups is 3. The zero-order valence-corrected chi connectivity index (χ0v) is 20.7. The van der Waals surface area contributed by atoms with Crippen LogP contribution in [-0.2, 0) is 16.0 Å². The van der Waals surface area contributed by atoms with E-state index >= 15 is 0 Å². The van der Waals surface area contributed by atoms with Gasteiger partial charge < -0.3 is 19.7 Å². The average Bonchev–Trinajstić information content (AvgIpc) is 3.33. The molecule has 36 heavy (non-hydrogen) atoms. The Morgan fingerprint density at radius 3 is 2.56 bits per heavy atom. The van der Waals surface area contributed by atoms with Crippen molar-refractivity contribution in [3.63, 3.8) is 0 Å². The molecule has 10 heteroatoms. The van der Waals surface area contributed by atoms with Gasteiger partial charge in [0.05, 0.1) is 17.5 Å². The van der Waals surface area contributed by atoms with Gasteiger partial charge in [0.25, 0.3) is 11.6 Å². The highest BCUT2D eigenvalue weighted by molar-refractivity contribution is 5.99. The lowest BCUT2D eigenvalue weighted by Crippen LogP contribution is -2.49. The molecule has 10 nitrogen and oxygen atoms in total. The standard InChI is InChI=1S/C26H31N3O7/c1-4-12-28(24(31)11-9-18-8-10-22-23(13-18)36-16-35-22)15-21(30)25(17(2)3)27-26(32)19-6-5-7-20(14-19)29(33)34/h5-8,10,13-14,17,25H,4,9,11-12,15-16H2,1-3H3,(H,27,32)/t25-/m0/s1. The van der Waals surface area contributed by atoms with Crippen molar-refractivity contribution in [3.05, 3.63) is 63.7 Å². The second-order valence-electron chi connectivity index (χ2n) is 8.97. The number of hydrogen-bond donors (Lipinski definition) is 1. The fourth-order valence-electron chi connectivity index (χ4n) is 3.96. The van der Waals surface area contributed by atoms with Gasteiger partial charge in [-0.2, -0.15) is 0 Å². The van der Waals surface area contributed by atoms with Crippen LogP contribution in [0.4, 0.5) is 5.69 Å². The van der Waals surface area contributed by atoms with E-state index < -0.39 is 16.9 Å². The minimum Gasteiger partial charge on any atom is -0.454 e. The van der Waals surface area contributed by atoms with Gasteiger partial charge in [0, 0.05) is 30.7 Å². The molecule has 192 valence electrons. The number of fused-ring (bicyclic) bond motifs is 1. The summed E-state index contributed by atoms with van der Waals surface area (Å²) < 4.78 is 10.7. The monoisotopic (exact) mass is 497 g/mol. The molecule has 0 unspecified atom stereocenters. The molecule has 1 atom stereocenters. The van der Waals surface area contributed by atoms with Gasteiger partial charge in [-0.25, -0.2) is 0 Å². The van der Waals surface area contributed by atoms with Crippen LogP contribution in [0.25, 0.3) is 0 Å². The number of nitro benzene ring substituents is 1. The Hall–Kier alpha value is -3.95. The first-order valence-electron chi connectivity index (χ1n) is 11.9. The Bertz CT molecular complexity index is 1130. The maximum atomic E-state index is 13.2. The van der Waals surface area contributed by atoms with E-state index in [2.05, 4.69) is 5.32 Å². The van der Waals surface area contributed by atoms with Crippen LogP contribution in [-0.4, -0.2) is 53.3 Å². The fourth-order valence-corrected chi connectivity index (χ4v) is 3.96. The molecule has 2 aromatic carbocycles. The first-order chi connectivity index (χ1) is 17.2. The normalized spacial score (nSPS) is 12.8. The molecule has 2 amide bonds. The summed E-state index contributed by atoms with van der Waals surface area (Å²) in [5.74, 6) is 0.0494. The third-order valence-corrected chi connectivity index (χ3v) is 5.88. The number of nitrogens with one attached hydrogen (secondary N) is 1. The molecule has 1 heterocycles. The Morgan fingerprint density at radius 1 is 1.11 bits per heavy atom. The van der Waals surface area contributed by atoms with Crippen LogP contribution in [0, 0.1) is 16.0 Å². The van der Waals surface area contributed by atoms with Gasteiger partial charge in [-0.1, -0.05) is 32.9 Å². The van der Waals surface area contributed by atoms with Crippen LogP contribution in [0.1, 0.15) is 49.5 Å². The third-order valence-electron chi connectivity index (χ3n) is 5.88. The van der Waals surface area contributed by atoms with E-state index in [4.69, 9.17) is 9.47 Å². The molecule has 3 rings (SSSR count). The van der Waals surface area contributed by atoms with Gasteiger partial charge in [0.15, 0.2) is 17.3 Å². The molecule has 0 fully saturated rings. The summed E-state index contributed by atoms with van der Waals surface area (Å²) in [7, 11) is 0. The number of nitro groups is 1. The zero-order valence-electron chi connectivity index (χ0n) is 20.7. The first-order valence-corrected chi connectivity index (χ1v) is 11.9. The summed E-state index contributed by atoms with van der Waals surface area (Å²) in [6.07, 6.45) is 1.38. The first kappa shape index (κ1) is 26.7. The second kappa shape index (κ2) is 12.1. The van der Waals surface area contributed by atoms with Gasteiger partial charge >= 0.3 is 0 Å². The number of amides is 2. The summed E-state index contributed by atoms with van der Waals surface area (Å²) in [4.78, 5) is 50.8. The third kappa shape index (κ3) is 6.80. The van der Waals surface area contributed by atoms with Gasteiger partial charge in [-0.3, -0.25) is 24.5 Å². The second-order valence-corrected chi connectivity index (χ2v) is 8.97. The fraction of sp³-hybridized carbons (Fsp3) is 0.423. The molecular weight excluding hydrogens is 466 g/mol. The number of carbonyl (C=O) groups excluding carboxylic acids is 3. The minimum atomic E-state index is -0.849. The van der Waals surface area contributed by atoms with Crippen molar-refractivity contribution in [3.8, 4) is 11.5 Å². The van der Waals surface area contributed by atoms with Crippen LogP contribution < -0.4 is 14.8 Å². The zero-order chi connectivity index (χ0) is 26.2. The molecule has 1 aliphatic heterocycles. The molecule has 2 aromatic rings. The van der Waals surface area contributed by atoms with Crippen molar-refractivity contribution < 1.29 is 28.8 Å². The number of ether oxygens (including phenoxy) is 2. The Kier molecular flexibility index (Phi) is 8.99. The van der Waals surface area contributed by atoms with Crippen LogP contribution in [0.2, 0.25) is 0 Å². The van der Waals surface area contributed by atoms with Crippen molar-refractivity contribution in [2.75, 3.05) is 19.9 Å². The largest absolute Gasteiger partial charge is 0.454 e. The molecule has 1 N–H and O–H groups in total. The molecule has 1 aliphatic rings. The van der Waals surface area contributed by atoms with Gasteiger partial charge in [-0.05, 0) is 42.5 Å². The van der Waals surface area contributed by atoms with Gasteiger partial charge in [0.1, 0.15) is 0 Å². The molecule has 0 saturated heterocycles. The van der Waals surface area contributed by atoms with Gasteiger partial charge in [0.2, 0.25) is 12.7 Å². The number of Topliss-reactive ketones (excluding diaryl/α,β-unsaturated/α-hetero) is 1. The van der Waals surface area contributed by atoms with Crippen LogP contribution in [0.5, 0.6) is 11.5 Å². The maximum absolute atomic E-state index is 13.2. The van der Waals surface area contributed by atoms with Crippen LogP contribution >= 0.6 is 0 Å². The smallest absolute Gasteiger partial charge is 0.270 e. The summed E-state index contributed by atoms with van der Waals surface area (Å²) in [6, 6.07) is 10.0. The van der Waals surface area contributed by atoms with Crippen LogP contribution in [0.3, 0.4) is 0 Å². The lowest BCUT2D eigenvalue weighted by molar-refractivity contribution is -0.384. The van der Waals surface area contributed by atoms with E-state index in [1.807, 2.05) is 25.1 Å². The molecular formula is C26H31N3O7. The van der Waals surface area contributed by atoms with E-state index in [0.29, 0.717) is 30.9 Å². The Balaban J connectivity index is 1.63. The average molecular weight is 498 g/mol. The number of ketones is 1. The summed E-state index contributed by atoms with van der Waals surface area (Å²) >= 11 is 0. The van der Waals surface area contributed by atoms with E-state index in [-0.39, 0.29) is 48.6 Å². The van der Waals surface area contributed by atoms with Crippen molar-refractivity contribution in [1.82, 2.24) is 10.2 Å². The van der Waals surface area contributed by atoms with E-state index in [0.717, 1.165) is 5.56 Å². The predicted octanol–water partition coefficient (Wildman–Crippen LogP) is 3.52. The molecule has 0 saturated carbocycles. The lowest BCUT2D eigenvalue weighted by Gasteiger charge is -2.26. The Morgan fingerprint density at radius 2 is 1.86 bits per heavy atom. The predicted molar refractivity (Wildman–Crippen MR) is 132 cm³/mol.